The number of aryl methyl sites for hydroxylation is 2. The molecule has 1 unspecified atom stereocenters. The van der Waals surface area contributed by atoms with Crippen LogP contribution in [0, 0.1) is 6.92 Å². The van der Waals surface area contributed by atoms with Crippen LogP contribution < -0.4 is 4.74 Å². The summed E-state index contributed by atoms with van der Waals surface area (Å²) in [5, 5.41) is 18.3. The lowest BCUT2D eigenvalue weighted by Crippen LogP contribution is -2.34. The second-order valence-corrected chi connectivity index (χ2v) is 13.1. The molecule has 0 amide bonds. The summed E-state index contributed by atoms with van der Waals surface area (Å²) in [6.45, 7) is 7.00. The first-order valence-electron chi connectivity index (χ1n) is 12.6. The van der Waals surface area contributed by atoms with Gasteiger partial charge in [-0.25, -0.2) is 4.68 Å². The molecule has 0 saturated heterocycles. The van der Waals surface area contributed by atoms with Crippen molar-refractivity contribution in [2.24, 2.45) is 0 Å². The van der Waals surface area contributed by atoms with E-state index in [1.165, 1.54) is 17.5 Å². The topological polar surface area (TPSA) is 134 Å². The Bertz CT molecular complexity index is 1520. The molecule has 0 fully saturated rings. The van der Waals surface area contributed by atoms with Gasteiger partial charge in [-0.1, -0.05) is 29.8 Å². The largest absolute Gasteiger partial charge is 0.487 e. The van der Waals surface area contributed by atoms with Crippen LogP contribution in [-0.2, 0) is 17.9 Å². The van der Waals surface area contributed by atoms with Crippen LogP contribution in [0.25, 0.3) is 11.0 Å². The number of benzene rings is 1. The molecular weight excluding hydrogens is 562 g/mol. The number of carboxylic acid groups (broad SMARTS) is 1. The Hall–Kier alpha value is -2.74. The van der Waals surface area contributed by atoms with Crippen molar-refractivity contribution in [3.63, 3.8) is 0 Å². The van der Waals surface area contributed by atoms with Gasteiger partial charge in [-0.15, -0.1) is 27.2 Å². The molecule has 0 aliphatic carbocycles. The summed E-state index contributed by atoms with van der Waals surface area (Å²) in [5.41, 5.74) is 4.04. The molecule has 1 aliphatic heterocycles. The zero-order chi connectivity index (χ0) is 27.9. The van der Waals surface area contributed by atoms with Crippen LogP contribution in [-0.4, -0.2) is 57.1 Å². The zero-order valence-corrected chi connectivity index (χ0v) is 24.1. The number of rotatable bonds is 8. The number of halogens is 1. The molecule has 5 rings (SSSR count). The van der Waals surface area contributed by atoms with Crippen LogP contribution in [0.15, 0.2) is 41.6 Å². The summed E-state index contributed by atoms with van der Waals surface area (Å²) in [5.74, 6) is -0.989. The third kappa shape index (κ3) is 5.24. The van der Waals surface area contributed by atoms with E-state index in [0.717, 1.165) is 27.0 Å². The fraction of sp³-hybridized carbons (Fsp3) is 0.385. The highest BCUT2D eigenvalue weighted by atomic mass is 35.5. The van der Waals surface area contributed by atoms with Gasteiger partial charge in [-0.05, 0) is 49.1 Å². The number of pyridine rings is 1. The Morgan fingerprint density at radius 2 is 2.10 bits per heavy atom. The first-order chi connectivity index (χ1) is 18.6. The summed E-state index contributed by atoms with van der Waals surface area (Å²) in [7, 11) is -3.41. The van der Waals surface area contributed by atoms with Gasteiger partial charge >= 0.3 is 5.97 Å². The average molecular weight is 592 g/mol. The van der Waals surface area contributed by atoms with E-state index in [1.807, 2.05) is 39.0 Å². The van der Waals surface area contributed by atoms with E-state index in [-0.39, 0.29) is 30.5 Å². The standard InChI is InChI=1S/C26H30ClN5O5S2/c1-4-17-14-31(39(35,36)23-12-28-9-8-21(23)37-17)13-16-10-22(38-26(16)27)19(11-24(33)34)18-6-7-20-25(15(18)3)29-30-32(20)5-2/h6-10,12,17,19,35-36H,4-5,11,13-14H2,1-3H3,(H,33,34)/t17-,19?/m1/s1. The Balaban J connectivity index is 1.51. The Kier molecular flexibility index (Phi) is 7.86. The molecule has 13 heteroatoms. The van der Waals surface area contributed by atoms with Crippen molar-refractivity contribution in [1.29, 1.82) is 0 Å². The third-order valence-corrected chi connectivity index (χ3v) is 10.5. The van der Waals surface area contributed by atoms with Gasteiger partial charge in [0.05, 0.1) is 29.0 Å². The second kappa shape index (κ2) is 11.0. The molecule has 3 N–H and O–H groups in total. The van der Waals surface area contributed by atoms with Gasteiger partial charge in [0.1, 0.15) is 22.3 Å². The summed E-state index contributed by atoms with van der Waals surface area (Å²) < 4.78 is 32.5. The van der Waals surface area contributed by atoms with Gasteiger partial charge in [0.15, 0.2) is 0 Å². The summed E-state index contributed by atoms with van der Waals surface area (Å²) in [6, 6.07) is 7.38. The van der Waals surface area contributed by atoms with Crippen molar-refractivity contribution < 1.29 is 23.7 Å². The fourth-order valence-electron chi connectivity index (χ4n) is 4.95. The third-order valence-electron chi connectivity index (χ3n) is 7.06. The molecule has 10 nitrogen and oxygen atoms in total. The summed E-state index contributed by atoms with van der Waals surface area (Å²) in [4.78, 5) is 17.0. The molecule has 4 heterocycles. The number of hydrogen-bond acceptors (Lipinski definition) is 9. The van der Waals surface area contributed by atoms with E-state index in [0.29, 0.717) is 28.6 Å². The van der Waals surface area contributed by atoms with Crippen molar-refractivity contribution in [3.05, 3.63) is 62.6 Å². The lowest BCUT2D eigenvalue weighted by molar-refractivity contribution is -0.137. The molecule has 39 heavy (non-hydrogen) atoms. The maximum Gasteiger partial charge on any atom is 0.304 e. The van der Waals surface area contributed by atoms with Crippen molar-refractivity contribution in [2.75, 3.05) is 6.54 Å². The van der Waals surface area contributed by atoms with Crippen LogP contribution >= 0.6 is 33.7 Å². The number of aliphatic carboxylic acids is 1. The monoisotopic (exact) mass is 591 g/mol. The second-order valence-electron chi connectivity index (χ2n) is 9.46. The molecule has 0 bridgehead atoms. The lowest BCUT2D eigenvalue weighted by Gasteiger charge is -2.41. The van der Waals surface area contributed by atoms with Gasteiger partial charge in [0, 0.05) is 36.1 Å². The minimum absolute atomic E-state index is 0.131. The SMILES string of the molecule is CC[C@@H]1CN(Cc2cc(C(CC(=O)O)c3ccc4c(nnn4CC)c3C)sc2Cl)S(O)(O)c2cnccc2O1. The minimum Gasteiger partial charge on any atom is -0.487 e. The van der Waals surface area contributed by atoms with Gasteiger partial charge in [-0.3, -0.25) is 18.9 Å². The Labute approximate surface area is 236 Å². The van der Waals surface area contributed by atoms with Crippen LogP contribution in [0.5, 0.6) is 5.75 Å². The molecule has 208 valence electrons. The van der Waals surface area contributed by atoms with E-state index in [2.05, 4.69) is 15.3 Å². The molecule has 1 aromatic carbocycles. The van der Waals surface area contributed by atoms with Crippen molar-refractivity contribution in [3.8, 4) is 5.75 Å². The summed E-state index contributed by atoms with van der Waals surface area (Å²) in [6.07, 6.45) is 3.26. The van der Waals surface area contributed by atoms with Gasteiger partial charge in [0.2, 0.25) is 0 Å². The predicted molar refractivity (Wildman–Crippen MR) is 152 cm³/mol. The first-order valence-corrected chi connectivity index (χ1v) is 15.3. The molecular formula is C26H30ClN5O5S2. The molecule has 4 aromatic rings. The number of carboxylic acids is 1. The molecule has 0 spiro atoms. The predicted octanol–water partition coefficient (Wildman–Crippen LogP) is 6.17. The van der Waals surface area contributed by atoms with Crippen molar-refractivity contribution in [2.45, 2.75) is 63.6 Å². The highest BCUT2D eigenvalue weighted by Gasteiger charge is 2.36. The minimum atomic E-state index is -3.41. The Morgan fingerprint density at radius 1 is 1.31 bits per heavy atom. The molecule has 0 radical (unpaired) electrons. The fourth-order valence-corrected chi connectivity index (χ4v) is 7.91. The molecule has 3 aromatic heterocycles. The van der Waals surface area contributed by atoms with Gasteiger partial charge in [0.25, 0.3) is 0 Å². The highest BCUT2D eigenvalue weighted by molar-refractivity contribution is 8.22. The maximum absolute atomic E-state index is 11.9. The van der Waals surface area contributed by atoms with E-state index in [4.69, 9.17) is 16.3 Å². The number of aromatic nitrogens is 4. The van der Waals surface area contributed by atoms with Crippen LogP contribution in [0.3, 0.4) is 0 Å². The number of thiophene rings is 1. The van der Waals surface area contributed by atoms with E-state index < -0.39 is 22.7 Å². The van der Waals surface area contributed by atoms with E-state index >= 15 is 0 Å². The maximum atomic E-state index is 11.9. The normalized spacial score (nSPS) is 18.8. The number of hydrogen-bond donors (Lipinski definition) is 3. The van der Waals surface area contributed by atoms with Crippen molar-refractivity contribution >= 4 is 50.7 Å². The average Bonchev–Trinajstić information content (AvgIpc) is 3.47. The quantitative estimate of drug-likeness (QED) is 0.220. The Morgan fingerprint density at radius 3 is 2.82 bits per heavy atom. The van der Waals surface area contributed by atoms with Crippen molar-refractivity contribution in [1.82, 2.24) is 24.3 Å². The van der Waals surface area contributed by atoms with Gasteiger partial charge in [-0.2, -0.15) is 4.31 Å². The van der Waals surface area contributed by atoms with Gasteiger partial charge < -0.3 is 9.84 Å². The van der Waals surface area contributed by atoms with E-state index in [1.54, 1.807) is 21.3 Å². The van der Waals surface area contributed by atoms with Crippen LogP contribution in [0.2, 0.25) is 4.34 Å². The summed E-state index contributed by atoms with van der Waals surface area (Å²) >= 11 is 8.02. The van der Waals surface area contributed by atoms with Crippen LogP contribution in [0.4, 0.5) is 0 Å². The van der Waals surface area contributed by atoms with Crippen LogP contribution in [0.1, 0.15) is 54.2 Å². The molecule has 1 aliphatic rings. The number of ether oxygens (including phenoxy) is 1. The number of fused-ring (bicyclic) bond motifs is 2. The smallest absolute Gasteiger partial charge is 0.304 e. The zero-order valence-electron chi connectivity index (χ0n) is 21.7. The highest BCUT2D eigenvalue weighted by Crippen LogP contribution is 2.57. The molecule has 0 saturated carbocycles. The first kappa shape index (κ1) is 27.8. The number of nitrogens with zero attached hydrogens (tertiary/aromatic N) is 5. The van der Waals surface area contributed by atoms with E-state index in [9.17, 15) is 19.0 Å². The number of carbonyl (C=O) groups is 1. The lowest BCUT2D eigenvalue weighted by atomic mass is 9.89. The molecule has 2 atom stereocenters.